The van der Waals surface area contributed by atoms with E-state index in [1.807, 2.05) is 18.2 Å². The summed E-state index contributed by atoms with van der Waals surface area (Å²) in [5.41, 5.74) is 0.855. The van der Waals surface area contributed by atoms with Crippen molar-refractivity contribution >= 4 is 35.0 Å². The average Bonchev–Trinajstić information content (AvgIpc) is 2.66. The largest absolute Gasteiger partial charge is 0.311 e. The number of hydrogen-bond acceptors (Lipinski definition) is 2. The van der Waals surface area contributed by atoms with Crippen LogP contribution < -0.4 is 4.90 Å². The number of benzene rings is 1. The SMILES string of the molecule is CC(C)(C)Sc1cccc(N2CCCC2=O)c1Cl. The maximum absolute atomic E-state index is 11.8. The number of carbonyl (C=O) groups is 1. The molecule has 1 aromatic carbocycles. The van der Waals surface area contributed by atoms with Crippen LogP contribution in [0.4, 0.5) is 5.69 Å². The van der Waals surface area contributed by atoms with Gasteiger partial charge in [-0.15, -0.1) is 11.8 Å². The van der Waals surface area contributed by atoms with Gasteiger partial charge in [0.2, 0.25) is 5.91 Å². The van der Waals surface area contributed by atoms with Crippen LogP contribution in [0.5, 0.6) is 0 Å². The highest BCUT2D eigenvalue weighted by molar-refractivity contribution is 8.00. The Hall–Kier alpha value is -0.670. The topological polar surface area (TPSA) is 20.3 Å². The van der Waals surface area contributed by atoms with Crippen molar-refractivity contribution in [2.45, 2.75) is 43.3 Å². The predicted molar refractivity (Wildman–Crippen MR) is 78.6 cm³/mol. The normalized spacial score (nSPS) is 16.4. The fraction of sp³-hybridized carbons (Fsp3) is 0.500. The molecule has 0 N–H and O–H groups in total. The summed E-state index contributed by atoms with van der Waals surface area (Å²) in [6, 6.07) is 5.92. The fourth-order valence-corrected chi connectivity index (χ4v) is 3.36. The summed E-state index contributed by atoms with van der Waals surface area (Å²) in [4.78, 5) is 14.6. The molecule has 98 valence electrons. The van der Waals surface area contributed by atoms with Crippen molar-refractivity contribution in [1.29, 1.82) is 0 Å². The van der Waals surface area contributed by atoms with E-state index in [0.717, 1.165) is 23.5 Å². The molecule has 1 heterocycles. The summed E-state index contributed by atoms with van der Waals surface area (Å²) in [6.45, 7) is 7.24. The molecule has 0 aliphatic carbocycles. The molecule has 0 bridgehead atoms. The minimum atomic E-state index is 0.108. The van der Waals surface area contributed by atoms with Gasteiger partial charge in [0.1, 0.15) is 0 Å². The van der Waals surface area contributed by atoms with Crippen molar-refractivity contribution < 1.29 is 4.79 Å². The van der Waals surface area contributed by atoms with Gasteiger partial charge in [-0.2, -0.15) is 0 Å². The highest BCUT2D eigenvalue weighted by Crippen LogP contribution is 2.41. The molecular weight excluding hydrogens is 266 g/mol. The predicted octanol–water partition coefficient (Wildman–Crippen LogP) is 4.36. The van der Waals surface area contributed by atoms with E-state index in [4.69, 9.17) is 11.6 Å². The Balaban J connectivity index is 2.33. The van der Waals surface area contributed by atoms with E-state index in [-0.39, 0.29) is 10.7 Å². The molecular formula is C14H18ClNOS. The van der Waals surface area contributed by atoms with Crippen LogP contribution >= 0.6 is 23.4 Å². The molecule has 1 aliphatic heterocycles. The zero-order valence-electron chi connectivity index (χ0n) is 11.0. The molecule has 0 saturated carbocycles. The summed E-state index contributed by atoms with van der Waals surface area (Å²) >= 11 is 8.18. The number of carbonyl (C=O) groups excluding carboxylic acids is 1. The van der Waals surface area contributed by atoms with E-state index < -0.39 is 0 Å². The van der Waals surface area contributed by atoms with Crippen LogP contribution in [0.1, 0.15) is 33.6 Å². The van der Waals surface area contributed by atoms with Gasteiger partial charge in [-0.1, -0.05) is 38.4 Å². The molecule has 1 saturated heterocycles. The molecule has 4 heteroatoms. The maximum Gasteiger partial charge on any atom is 0.227 e. The molecule has 1 amide bonds. The zero-order valence-corrected chi connectivity index (χ0v) is 12.6. The smallest absolute Gasteiger partial charge is 0.227 e. The Morgan fingerprint density at radius 3 is 2.61 bits per heavy atom. The molecule has 2 nitrogen and oxygen atoms in total. The highest BCUT2D eigenvalue weighted by atomic mass is 35.5. The monoisotopic (exact) mass is 283 g/mol. The van der Waals surface area contributed by atoms with Gasteiger partial charge in [0.15, 0.2) is 0 Å². The van der Waals surface area contributed by atoms with E-state index in [2.05, 4.69) is 20.8 Å². The van der Waals surface area contributed by atoms with Gasteiger partial charge < -0.3 is 4.90 Å². The van der Waals surface area contributed by atoms with Crippen molar-refractivity contribution in [3.63, 3.8) is 0 Å². The van der Waals surface area contributed by atoms with Gasteiger partial charge in [-0.05, 0) is 18.6 Å². The molecule has 1 aromatic rings. The number of rotatable bonds is 2. The van der Waals surface area contributed by atoms with Gasteiger partial charge >= 0.3 is 0 Å². The quantitative estimate of drug-likeness (QED) is 0.752. The minimum Gasteiger partial charge on any atom is -0.311 e. The second-order valence-corrected chi connectivity index (χ2v) is 7.70. The van der Waals surface area contributed by atoms with Gasteiger partial charge in [0, 0.05) is 22.6 Å². The first-order chi connectivity index (χ1) is 8.38. The maximum atomic E-state index is 11.8. The van der Waals surface area contributed by atoms with Crippen molar-refractivity contribution in [1.82, 2.24) is 0 Å². The van der Waals surface area contributed by atoms with Crippen LogP contribution in [0.3, 0.4) is 0 Å². The molecule has 1 aliphatic rings. The third-order valence-corrected chi connectivity index (χ3v) is 4.41. The first kappa shape index (κ1) is 13.8. The van der Waals surface area contributed by atoms with Gasteiger partial charge in [0.25, 0.3) is 0 Å². The van der Waals surface area contributed by atoms with Crippen LogP contribution in [0.2, 0.25) is 5.02 Å². The van der Waals surface area contributed by atoms with Crippen molar-refractivity contribution in [2.24, 2.45) is 0 Å². The summed E-state index contributed by atoms with van der Waals surface area (Å²) < 4.78 is 0.108. The van der Waals surface area contributed by atoms with Crippen LogP contribution in [0.25, 0.3) is 0 Å². The molecule has 0 unspecified atom stereocenters. The van der Waals surface area contributed by atoms with Crippen LogP contribution in [0.15, 0.2) is 23.1 Å². The van der Waals surface area contributed by atoms with Crippen LogP contribution in [-0.4, -0.2) is 17.2 Å². The lowest BCUT2D eigenvalue weighted by atomic mass is 10.2. The second kappa shape index (κ2) is 5.14. The standard InChI is InChI=1S/C14H18ClNOS/c1-14(2,3)18-11-7-4-6-10(13(11)15)16-9-5-8-12(16)17/h4,6-7H,5,8-9H2,1-3H3. The van der Waals surface area contributed by atoms with E-state index in [0.29, 0.717) is 11.4 Å². The Morgan fingerprint density at radius 1 is 1.33 bits per heavy atom. The first-order valence-electron chi connectivity index (χ1n) is 6.16. The van der Waals surface area contributed by atoms with Crippen LogP contribution in [-0.2, 0) is 4.79 Å². The van der Waals surface area contributed by atoms with Gasteiger partial charge in [0.05, 0.1) is 10.7 Å². The lowest BCUT2D eigenvalue weighted by Crippen LogP contribution is -2.24. The molecule has 2 rings (SSSR count). The Kier molecular flexibility index (Phi) is 3.93. The first-order valence-corrected chi connectivity index (χ1v) is 7.36. The number of nitrogens with zero attached hydrogens (tertiary/aromatic N) is 1. The van der Waals surface area contributed by atoms with Crippen molar-refractivity contribution in [2.75, 3.05) is 11.4 Å². The van der Waals surface area contributed by atoms with Gasteiger partial charge in [-0.3, -0.25) is 4.79 Å². The van der Waals surface area contributed by atoms with Crippen LogP contribution in [0, 0.1) is 0 Å². The molecule has 0 spiro atoms. The minimum absolute atomic E-state index is 0.108. The lowest BCUT2D eigenvalue weighted by molar-refractivity contribution is -0.117. The molecule has 0 radical (unpaired) electrons. The number of thioether (sulfide) groups is 1. The number of hydrogen-bond donors (Lipinski definition) is 0. The molecule has 0 atom stereocenters. The molecule has 0 aromatic heterocycles. The zero-order chi connectivity index (χ0) is 13.3. The third kappa shape index (κ3) is 3.01. The van der Waals surface area contributed by atoms with E-state index in [9.17, 15) is 4.79 Å². The van der Waals surface area contributed by atoms with E-state index >= 15 is 0 Å². The number of halogens is 1. The number of anilines is 1. The average molecular weight is 284 g/mol. The fourth-order valence-electron chi connectivity index (χ4n) is 2.02. The highest BCUT2D eigenvalue weighted by Gasteiger charge is 2.25. The van der Waals surface area contributed by atoms with Crippen molar-refractivity contribution in [3.05, 3.63) is 23.2 Å². The van der Waals surface area contributed by atoms with Gasteiger partial charge in [-0.25, -0.2) is 0 Å². The Bertz CT molecular complexity index is 467. The molecule has 18 heavy (non-hydrogen) atoms. The lowest BCUT2D eigenvalue weighted by Gasteiger charge is -2.22. The summed E-state index contributed by atoms with van der Waals surface area (Å²) in [5, 5.41) is 0.702. The second-order valence-electron chi connectivity index (χ2n) is 5.45. The Labute approximate surface area is 118 Å². The summed E-state index contributed by atoms with van der Waals surface area (Å²) in [5.74, 6) is 0.176. The number of amides is 1. The van der Waals surface area contributed by atoms with Crippen molar-refractivity contribution in [3.8, 4) is 0 Å². The Morgan fingerprint density at radius 2 is 2.06 bits per heavy atom. The summed E-state index contributed by atoms with van der Waals surface area (Å²) in [6.07, 6.45) is 1.55. The van der Waals surface area contributed by atoms with E-state index in [1.165, 1.54) is 0 Å². The van der Waals surface area contributed by atoms with E-state index in [1.54, 1.807) is 16.7 Å². The third-order valence-electron chi connectivity index (χ3n) is 2.72. The summed E-state index contributed by atoms with van der Waals surface area (Å²) in [7, 11) is 0. The molecule has 1 fully saturated rings.